The summed E-state index contributed by atoms with van der Waals surface area (Å²) in [5.74, 6) is 0.0819. The highest BCUT2D eigenvalue weighted by molar-refractivity contribution is 5.81. The second-order valence-electron chi connectivity index (χ2n) is 5.31. The van der Waals surface area contributed by atoms with E-state index in [0.717, 1.165) is 26.0 Å². The number of hydrogen-bond donors (Lipinski definition) is 1. The Morgan fingerprint density at radius 3 is 2.74 bits per heavy atom. The Kier molecular flexibility index (Phi) is 4.32. The lowest BCUT2D eigenvalue weighted by Crippen LogP contribution is -2.55. The molecule has 3 rings (SSSR count). The van der Waals surface area contributed by atoms with Crippen molar-refractivity contribution in [2.75, 3.05) is 46.0 Å². The number of hydrogen-bond acceptors (Lipinski definition) is 5. The smallest absolute Gasteiger partial charge is 0.253 e. The molecule has 0 unspecified atom stereocenters. The van der Waals surface area contributed by atoms with Gasteiger partial charge >= 0.3 is 0 Å². The number of nitrogens with zero attached hydrogens (tertiary/aromatic N) is 1. The number of nitrogens with one attached hydrogen (secondary N) is 1. The number of morpholine rings is 2. The van der Waals surface area contributed by atoms with E-state index in [2.05, 4.69) is 5.32 Å². The van der Waals surface area contributed by atoms with Crippen molar-refractivity contribution in [1.29, 1.82) is 0 Å². The summed E-state index contributed by atoms with van der Waals surface area (Å²) in [5, 5.41) is 3.19. The molecule has 1 amide bonds. The second kappa shape index (κ2) is 6.17. The molecule has 108 valence electrons. The van der Waals surface area contributed by atoms with Crippen LogP contribution in [0.4, 0.5) is 0 Å². The molecular formula is C13H22N2O4. The van der Waals surface area contributed by atoms with E-state index in [1.165, 1.54) is 0 Å². The van der Waals surface area contributed by atoms with Gasteiger partial charge in [0, 0.05) is 32.8 Å². The summed E-state index contributed by atoms with van der Waals surface area (Å²) in [7, 11) is 0. The van der Waals surface area contributed by atoms with Crippen molar-refractivity contribution >= 4 is 5.91 Å². The number of rotatable bonds is 2. The van der Waals surface area contributed by atoms with Crippen molar-refractivity contribution in [3.63, 3.8) is 0 Å². The van der Waals surface area contributed by atoms with Gasteiger partial charge in [-0.1, -0.05) is 0 Å². The lowest BCUT2D eigenvalue weighted by molar-refractivity contribution is -0.157. The van der Waals surface area contributed by atoms with E-state index in [1.54, 1.807) is 0 Å². The molecule has 0 radical (unpaired) electrons. The zero-order valence-corrected chi connectivity index (χ0v) is 11.2. The predicted octanol–water partition coefficient (Wildman–Crippen LogP) is -0.619. The summed E-state index contributed by atoms with van der Waals surface area (Å²) in [6.07, 6.45) is 1.97. The third-order valence-corrected chi connectivity index (χ3v) is 3.99. The molecule has 6 nitrogen and oxygen atoms in total. The molecule has 3 aliphatic rings. The third kappa shape index (κ3) is 3.08. The lowest BCUT2D eigenvalue weighted by Gasteiger charge is -2.37. The maximum atomic E-state index is 12.4. The molecule has 3 fully saturated rings. The van der Waals surface area contributed by atoms with E-state index >= 15 is 0 Å². The molecule has 0 spiro atoms. The molecule has 3 atom stereocenters. The van der Waals surface area contributed by atoms with Crippen LogP contribution in [0.2, 0.25) is 0 Å². The van der Waals surface area contributed by atoms with Crippen LogP contribution in [-0.2, 0) is 19.0 Å². The standard InChI is InChI=1S/C13H22N2O4/c16-13(11-8-14-3-6-18-11)15-4-7-19-12(9-15)10-2-1-5-17-10/h10-12,14H,1-9H2/t10-,11+,12-/m1/s1. The Balaban J connectivity index is 1.56. The van der Waals surface area contributed by atoms with Crippen LogP contribution in [0, 0.1) is 0 Å². The van der Waals surface area contributed by atoms with Crippen LogP contribution in [0.25, 0.3) is 0 Å². The first-order valence-corrected chi connectivity index (χ1v) is 7.19. The first-order valence-electron chi connectivity index (χ1n) is 7.19. The molecule has 0 bridgehead atoms. The molecule has 0 saturated carbocycles. The van der Waals surface area contributed by atoms with Crippen LogP contribution in [0.1, 0.15) is 12.8 Å². The molecule has 0 aromatic carbocycles. The van der Waals surface area contributed by atoms with Crippen LogP contribution in [-0.4, -0.2) is 75.1 Å². The minimum absolute atomic E-state index is 0.0248. The van der Waals surface area contributed by atoms with E-state index in [9.17, 15) is 4.79 Å². The van der Waals surface area contributed by atoms with E-state index in [-0.39, 0.29) is 24.2 Å². The fourth-order valence-electron chi connectivity index (χ4n) is 2.92. The van der Waals surface area contributed by atoms with E-state index in [1.807, 2.05) is 4.90 Å². The van der Waals surface area contributed by atoms with Crippen molar-refractivity contribution in [2.45, 2.75) is 31.2 Å². The van der Waals surface area contributed by atoms with Crippen LogP contribution in [0.15, 0.2) is 0 Å². The summed E-state index contributed by atoms with van der Waals surface area (Å²) < 4.78 is 16.9. The van der Waals surface area contributed by atoms with E-state index in [0.29, 0.717) is 32.8 Å². The Morgan fingerprint density at radius 1 is 1.11 bits per heavy atom. The van der Waals surface area contributed by atoms with Crippen LogP contribution in [0.3, 0.4) is 0 Å². The highest BCUT2D eigenvalue weighted by Gasteiger charge is 2.35. The van der Waals surface area contributed by atoms with Crippen molar-refractivity contribution in [3.8, 4) is 0 Å². The number of carbonyl (C=O) groups is 1. The SMILES string of the molecule is O=C([C@@H]1CNCCO1)N1CCO[C@@H]([C@H]2CCCO2)C1. The minimum Gasteiger partial charge on any atom is -0.375 e. The van der Waals surface area contributed by atoms with Gasteiger partial charge in [-0.3, -0.25) is 4.79 Å². The Morgan fingerprint density at radius 2 is 2.00 bits per heavy atom. The monoisotopic (exact) mass is 270 g/mol. The molecular weight excluding hydrogens is 248 g/mol. The number of ether oxygens (including phenoxy) is 3. The van der Waals surface area contributed by atoms with Gasteiger partial charge in [0.05, 0.1) is 19.3 Å². The summed E-state index contributed by atoms with van der Waals surface area (Å²) in [4.78, 5) is 14.2. The van der Waals surface area contributed by atoms with Crippen LogP contribution >= 0.6 is 0 Å². The highest BCUT2D eigenvalue weighted by Crippen LogP contribution is 2.21. The zero-order valence-electron chi connectivity index (χ0n) is 11.2. The van der Waals surface area contributed by atoms with Gasteiger partial charge in [-0.05, 0) is 12.8 Å². The summed E-state index contributed by atoms with van der Waals surface area (Å²) in [6.45, 7) is 4.73. The third-order valence-electron chi connectivity index (χ3n) is 3.99. The first-order chi connectivity index (χ1) is 9.34. The minimum atomic E-state index is -0.336. The molecule has 6 heteroatoms. The average Bonchev–Trinajstić information content (AvgIpc) is 3.02. The number of amides is 1. The van der Waals surface area contributed by atoms with Gasteiger partial charge < -0.3 is 24.4 Å². The van der Waals surface area contributed by atoms with Gasteiger partial charge in [0.25, 0.3) is 5.91 Å². The predicted molar refractivity (Wildman–Crippen MR) is 67.9 cm³/mol. The van der Waals surface area contributed by atoms with Gasteiger partial charge in [0.2, 0.25) is 0 Å². The number of carbonyl (C=O) groups excluding carboxylic acids is 1. The van der Waals surface area contributed by atoms with Gasteiger partial charge in [0.15, 0.2) is 0 Å². The maximum absolute atomic E-state index is 12.4. The molecule has 1 N–H and O–H groups in total. The lowest BCUT2D eigenvalue weighted by atomic mass is 10.1. The Labute approximate surface area is 113 Å². The van der Waals surface area contributed by atoms with Gasteiger partial charge in [-0.15, -0.1) is 0 Å². The molecule has 0 aliphatic carbocycles. The Hall–Kier alpha value is -0.690. The van der Waals surface area contributed by atoms with Crippen LogP contribution < -0.4 is 5.32 Å². The fourth-order valence-corrected chi connectivity index (χ4v) is 2.92. The van der Waals surface area contributed by atoms with Crippen LogP contribution in [0.5, 0.6) is 0 Å². The summed E-state index contributed by atoms with van der Waals surface area (Å²) >= 11 is 0. The molecule has 3 aliphatic heterocycles. The normalized spacial score (nSPS) is 36.4. The topological polar surface area (TPSA) is 60.0 Å². The van der Waals surface area contributed by atoms with Crippen molar-refractivity contribution in [2.24, 2.45) is 0 Å². The van der Waals surface area contributed by atoms with Crippen molar-refractivity contribution in [1.82, 2.24) is 10.2 Å². The largest absolute Gasteiger partial charge is 0.375 e. The van der Waals surface area contributed by atoms with Gasteiger partial charge in [-0.2, -0.15) is 0 Å². The molecule has 0 aromatic heterocycles. The van der Waals surface area contributed by atoms with E-state index < -0.39 is 0 Å². The molecule has 3 saturated heterocycles. The molecule has 19 heavy (non-hydrogen) atoms. The van der Waals surface area contributed by atoms with Crippen molar-refractivity contribution in [3.05, 3.63) is 0 Å². The van der Waals surface area contributed by atoms with Crippen molar-refractivity contribution < 1.29 is 19.0 Å². The summed E-state index contributed by atoms with van der Waals surface area (Å²) in [6, 6.07) is 0. The quantitative estimate of drug-likeness (QED) is 0.725. The first kappa shape index (κ1) is 13.3. The Bertz CT molecular complexity index is 314. The average molecular weight is 270 g/mol. The summed E-state index contributed by atoms with van der Waals surface area (Å²) in [5.41, 5.74) is 0. The second-order valence-corrected chi connectivity index (χ2v) is 5.31. The zero-order chi connectivity index (χ0) is 13.1. The van der Waals surface area contributed by atoms with Gasteiger partial charge in [-0.25, -0.2) is 0 Å². The fraction of sp³-hybridized carbons (Fsp3) is 0.923. The molecule has 0 aromatic rings. The maximum Gasteiger partial charge on any atom is 0.253 e. The molecule has 3 heterocycles. The van der Waals surface area contributed by atoms with Gasteiger partial charge in [0.1, 0.15) is 12.2 Å². The highest BCUT2D eigenvalue weighted by atomic mass is 16.5. The van der Waals surface area contributed by atoms with E-state index in [4.69, 9.17) is 14.2 Å².